The van der Waals surface area contributed by atoms with Crippen LogP contribution in [0.2, 0.25) is 0 Å². The minimum absolute atomic E-state index is 0.105. The molecule has 0 unspecified atom stereocenters. The molecule has 5 rings (SSSR count). The predicted octanol–water partition coefficient (Wildman–Crippen LogP) is 7.88. The van der Waals surface area contributed by atoms with E-state index in [1.54, 1.807) is 18.3 Å². The number of nitrogens with zero attached hydrogens (tertiary/aromatic N) is 2. The number of rotatable bonds is 13. The summed E-state index contributed by atoms with van der Waals surface area (Å²) in [6.07, 6.45) is 9.74. The van der Waals surface area contributed by atoms with Crippen molar-refractivity contribution >= 4 is 49.1 Å². The van der Waals surface area contributed by atoms with Gasteiger partial charge in [0.25, 0.3) is 0 Å². The Balaban J connectivity index is 1.43. The molecule has 0 aliphatic heterocycles. The van der Waals surface area contributed by atoms with Crippen LogP contribution in [0.3, 0.4) is 0 Å². The van der Waals surface area contributed by atoms with Gasteiger partial charge in [-0.05, 0) is 77.9 Å². The number of halogens is 1. The highest BCUT2D eigenvalue weighted by Crippen LogP contribution is 2.30. The van der Waals surface area contributed by atoms with Gasteiger partial charge in [-0.3, -0.25) is 15.1 Å². The maximum atomic E-state index is 14.8. The molecule has 0 radical (unpaired) electrons. The van der Waals surface area contributed by atoms with Gasteiger partial charge in [0.05, 0.1) is 28.6 Å². The summed E-state index contributed by atoms with van der Waals surface area (Å²) in [7, 11) is -1.46. The molecule has 0 aliphatic carbocycles. The summed E-state index contributed by atoms with van der Waals surface area (Å²) in [4.78, 5) is 12.6. The Hall–Kier alpha value is -5.51. The fourth-order valence-corrected chi connectivity index (χ4v) is 5.74. The highest BCUT2D eigenvalue weighted by Gasteiger charge is 2.18. The molecule has 3 aromatic carbocycles. The Morgan fingerprint density at radius 3 is 2.54 bits per heavy atom. The third kappa shape index (κ3) is 8.25. The van der Waals surface area contributed by atoms with Gasteiger partial charge >= 0.3 is 0 Å². The van der Waals surface area contributed by atoms with Crippen LogP contribution < -0.4 is 15.8 Å². The van der Waals surface area contributed by atoms with Crippen LogP contribution in [-0.4, -0.2) is 38.7 Å². The Labute approximate surface area is 282 Å². The van der Waals surface area contributed by atoms with E-state index in [-0.39, 0.29) is 11.5 Å². The van der Waals surface area contributed by atoms with Crippen LogP contribution in [0.4, 0.5) is 10.1 Å². The monoisotopic (exact) mass is 657 g/mol. The van der Waals surface area contributed by atoms with Crippen molar-refractivity contribution in [2.45, 2.75) is 19.9 Å². The molecule has 6 N–H and O–H groups in total. The lowest BCUT2D eigenvalue weighted by atomic mass is 10.0. The maximum Gasteiger partial charge on any atom is 0.157 e. The predicted molar refractivity (Wildman–Crippen MR) is 205 cm³/mol. The van der Waals surface area contributed by atoms with Crippen molar-refractivity contribution < 1.29 is 4.39 Å². The second-order valence-corrected chi connectivity index (χ2v) is 14.5. The molecule has 0 bridgehead atoms. The van der Waals surface area contributed by atoms with E-state index < -0.39 is 9.39 Å². The van der Waals surface area contributed by atoms with Gasteiger partial charge in [-0.2, -0.15) is 9.39 Å². The van der Waals surface area contributed by atoms with Gasteiger partial charge in [0.15, 0.2) is 5.82 Å². The summed E-state index contributed by atoms with van der Waals surface area (Å²) in [5, 5.41) is 12.5. The number of allylic oxidation sites excluding steroid dienone is 5. The fourth-order valence-electron chi connectivity index (χ4n) is 5.23. The first-order valence-corrected chi connectivity index (χ1v) is 17.6. The zero-order valence-corrected chi connectivity index (χ0v) is 28.1. The minimum atomic E-state index is -1.46. The van der Waals surface area contributed by atoms with Crippen LogP contribution in [-0.2, 0) is 13.0 Å². The average molecular weight is 658 g/mol. The van der Waals surface area contributed by atoms with Crippen LogP contribution in [0.25, 0.3) is 27.7 Å². The number of nitrogens with one attached hydrogen (secondary N) is 4. The Morgan fingerprint density at radius 1 is 1.06 bits per heavy atom. The molecular weight excluding hydrogens is 618 g/mol. The normalized spacial score (nSPS) is 12.2. The van der Waals surface area contributed by atoms with Gasteiger partial charge in [0, 0.05) is 35.5 Å². The third-order valence-corrected chi connectivity index (χ3v) is 8.41. The highest BCUT2D eigenvalue weighted by molar-refractivity contribution is 8.25. The largest absolute Gasteiger partial charge is 0.397 e. The topological polar surface area (TPSA) is 116 Å². The summed E-state index contributed by atoms with van der Waals surface area (Å²) >= 11 is 0. The molecule has 0 saturated heterocycles. The molecule has 9 heteroatoms. The number of anilines is 1. The summed E-state index contributed by atoms with van der Waals surface area (Å²) in [6, 6.07) is 22.4. The Morgan fingerprint density at radius 2 is 1.83 bits per heavy atom. The van der Waals surface area contributed by atoms with E-state index >= 15 is 0 Å². The number of benzene rings is 3. The number of imidazole rings is 1. The first-order valence-electron chi connectivity index (χ1n) is 15.3. The Bertz CT molecular complexity index is 2190. The van der Waals surface area contributed by atoms with Crippen molar-refractivity contribution in [1.82, 2.24) is 25.0 Å². The number of nitrogen functional groups attached to an aromatic ring is 1. The fraction of sp³-hybridized carbons (Fsp3) is 0.103. The molecule has 2 heterocycles. The molecule has 0 aliphatic rings. The van der Waals surface area contributed by atoms with Crippen molar-refractivity contribution in [1.29, 1.82) is 5.41 Å². The molecule has 0 saturated carbocycles. The first-order chi connectivity index (χ1) is 22.9. The quantitative estimate of drug-likeness (QED) is 0.0502. The maximum absolute atomic E-state index is 14.8. The molecule has 0 fully saturated rings. The lowest BCUT2D eigenvalue weighted by molar-refractivity contribution is 0.625. The van der Waals surface area contributed by atoms with E-state index in [2.05, 4.69) is 57.0 Å². The molecule has 2 aromatic heterocycles. The van der Waals surface area contributed by atoms with E-state index in [0.29, 0.717) is 52.3 Å². The van der Waals surface area contributed by atoms with Crippen LogP contribution in [0.1, 0.15) is 35.1 Å². The second kappa shape index (κ2) is 14.5. The highest BCUT2D eigenvalue weighted by atomic mass is 32.2. The first kappa shape index (κ1) is 33.8. The molecule has 0 amide bonds. The molecule has 5 aromatic rings. The minimum Gasteiger partial charge on any atom is -0.397 e. The number of aromatic nitrogens is 3. The van der Waals surface area contributed by atoms with E-state index in [4.69, 9.17) is 16.1 Å². The summed E-state index contributed by atoms with van der Waals surface area (Å²) in [6.45, 7) is 10.5. The number of hydrogen-bond acceptors (Lipinski definition) is 6. The van der Waals surface area contributed by atoms with Gasteiger partial charge in [-0.25, -0.2) is 9.37 Å². The smallest absolute Gasteiger partial charge is 0.157 e. The SMILES string of the molecule is C=C/C(=C\C(=C/C)c1cc(C(=N)c2nc3c(-c4cc(F)cc(CNS(=C)(=C)C)c4)cccc3[nH]2)c(N)cn1)NC(=C)Cc1ccccc1. The van der Waals surface area contributed by atoms with Gasteiger partial charge in [-0.1, -0.05) is 73.4 Å². The number of pyridine rings is 1. The standard InChI is InChI=1S/C39H40FN7S/c1-7-28(21-31(8-2)45-25(3)17-26-13-10-9-11-14-26)36-22-33(34(41)24-43-36)37(42)39-46-35-16-12-15-32(38(35)47-39)29-18-27(19-30(40)20-29)23-44-48(4,5)6/h7-16,18-22,24,42,44-45H,2-5,17,23,41H2,1,6H3,(H,46,47)/b28-7+,31-21+,42-37?. The number of nitrogens with two attached hydrogens (primary N) is 1. The number of H-pyrrole nitrogens is 1. The number of hydrogen-bond donors (Lipinski definition) is 5. The van der Waals surface area contributed by atoms with E-state index in [9.17, 15) is 4.39 Å². The zero-order valence-electron chi connectivity index (χ0n) is 27.2. The van der Waals surface area contributed by atoms with Crippen LogP contribution >= 0.6 is 9.39 Å². The van der Waals surface area contributed by atoms with Gasteiger partial charge in [-0.15, -0.1) is 0 Å². The molecular formula is C39H40FN7S. The van der Waals surface area contributed by atoms with Crippen molar-refractivity contribution in [3.63, 3.8) is 0 Å². The van der Waals surface area contributed by atoms with E-state index in [0.717, 1.165) is 33.7 Å². The molecule has 244 valence electrons. The van der Waals surface area contributed by atoms with Crippen molar-refractivity contribution in [2.75, 3.05) is 12.0 Å². The van der Waals surface area contributed by atoms with Crippen molar-refractivity contribution in [3.8, 4) is 11.1 Å². The van der Waals surface area contributed by atoms with Gasteiger partial charge < -0.3 is 16.0 Å². The summed E-state index contributed by atoms with van der Waals surface area (Å²) in [5.41, 5.74) is 15.0. The second-order valence-electron chi connectivity index (χ2n) is 11.7. The van der Waals surface area contributed by atoms with E-state index in [1.165, 1.54) is 12.1 Å². The number of para-hydroxylation sites is 1. The molecule has 48 heavy (non-hydrogen) atoms. The average Bonchev–Trinajstić information content (AvgIpc) is 3.50. The van der Waals surface area contributed by atoms with Crippen LogP contribution in [0.5, 0.6) is 0 Å². The molecule has 0 spiro atoms. The number of aromatic amines is 1. The summed E-state index contributed by atoms with van der Waals surface area (Å²) < 4.78 is 18.0. The van der Waals surface area contributed by atoms with Gasteiger partial charge in [0.2, 0.25) is 0 Å². The lowest BCUT2D eigenvalue weighted by Gasteiger charge is -2.13. The number of fused-ring (bicyclic) bond motifs is 1. The Kier molecular flexibility index (Phi) is 10.2. The van der Waals surface area contributed by atoms with Crippen LogP contribution in [0.15, 0.2) is 122 Å². The molecule has 7 nitrogen and oxygen atoms in total. The van der Waals surface area contributed by atoms with E-state index in [1.807, 2.05) is 67.8 Å². The van der Waals surface area contributed by atoms with Crippen molar-refractivity contribution in [2.24, 2.45) is 0 Å². The third-order valence-electron chi connectivity index (χ3n) is 7.57. The lowest BCUT2D eigenvalue weighted by Crippen LogP contribution is -2.13. The zero-order chi connectivity index (χ0) is 34.4. The van der Waals surface area contributed by atoms with Crippen molar-refractivity contribution in [3.05, 3.63) is 156 Å². The summed E-state index contributed by atoms with van der Waals surface area (Å²) in [5.74, 6) is 8.07. The molecule has 0 atom stereocenters. The van der Waals surface area contributed by atoms with Gasteiger partial charge in [0.1, 0.15) is 11.5 Å². The van der Waals surface area contributed by atoms with Crippen LogP contribution in [0, 0.1) is 11.2 Å².